The Labute approximate surface area is 139 Å². The number of nitrogens with zero attached hydrogens (tertiary/aromatic N) is 1. The lowest BCUT2D eigenvalue weighted by atomic mass is 9.97. The van der Waals surface area contributed by atoms with E-state index < -0.39 is 6.10 Å². The predicted octanol–water partition coefficient (Wildman–Crippen LogP) is 3.00. The van der Waals surface area contributed by atoms with E-state index in [0.717, 1.165) is 17.7 Å². The Morgan fingerprint density at radius 3 is 2.83 bits per heavy atom. The summed E-state index contributed by atoms with van der Waals surface area (Å²) in [6, 6.07) is 3.54. The normalized spacial score (nSPS) is 12.3. The van der Waals surface area contributed by atoms with Crippen molar-refractivity contribution in [2.75, 3.05) is 6.54 Å². The highest BCUT2D eigenvalue weighted by Gasteiger charge is 2.16. The lowest BCUT2D eigenvalue weighted by Gasteiger charge is -2.20. The summed E-state index contributed by atoms with van der Waals surface area (Å²) in [5.74, 6) is 0.764. The van der Waals surface area contributed by atoms with Gasteiger partial charge in [-0.25, -0.2) is 9.78 Å². The number of nitrogens with one attached hydrogen (secondary N) is 2. The molecule has 23 heavy (non-hydrogen) atoms. The summed E-state index contributed by atoms with van der Waals surface area (Å²) in [7, 11) is 0. The van der Waals surface area contributed by atoms with Gasteiger partial charge in [-0.2, -0.15) is 0 Å². The van der Waals surface area contributed by atoms with Crippen LogP contribution in [0.4, 0.5) is 4.79 Å². The van der Waals surface area contributed by atoms with Gasteiger partial charge >= 0.3 is 6.03 Å². The van der Waals surface area contributed by atoms with Gasteiger partial charge in [0.25, 0.3) is 0 Å². The van der Waals surface area contributed by atoms with Gasteiger partial charge in [0.2, 0.25) is 5.89 Å². The second-order valence-electron chi connectivity index (χ2n) is 5.33. The summed E-state index contributed by atoms with van der Waals surface area (Å²) >= 11 is 1.55. The van der Waals surface area contributed by atoms with Gasteiger partial charge in [-0.1, -0.05) is 32.8 Å². The SMILES string of the molecule is CCC(CC)C(O)CNC(=O)NCc1coc(-c2cccs2)n1. The quantitative estimate of drug-likeness (QED) is 0.691. The number of carbonyl (C=O) groups is 1. The van der Waals surface area contributed by atoms with E-state index in [1.807, 2.05) is 31.4 Å². The summed E-state index contributed by atoms with van der Waals surface area (Å²) in [5, 5.41) is 17.3. The third-order valence-electron chi connectivity index (χ3n) is 3.78. The number of amides is 2. The molecule has 2 amide bonds. The van der Waals surface area contributed by atoms with E-state index in [2.05, 4.69) is 15.6 Å². The number of aromatic nitrogens is 1. The molecule has 2 heterocycles. The molecule has 2 aromatic rings. The first-order valence-electron chi connectivity index (χ1n) is 7.82. The first kappa shape index (κ1) is 17.5. The van der Waals surface area contributed by atoms with Crippen LogP contribution in [0.25, 0.3) is 10.8 Å². The molecule has 2 rings (SSSR count). The van der Waals surface area contributed by atoms with E-state index in [1.54, 1.807) is 11.3 Å². The van der Waals surface area contributed by atoms with Crippen LogP contribution in [0.3, 0.4) is 0 Å². The average molecular weight is 337 g/mol. The summed E-state index contributed by atoms with van der Waals surface area (Å²) < 4.78 is 5.39. The smallest absolute Gasteiger partial charge is 0.315 e. The van der Waals surface area contributed by atoms with Crippen LogP contribution in [0, 0.1) is 5.92 Å². The van der Waals surface area contributed by atoms with Crippen molar-refractivity contribution in [1.82, 2.24) is 15.6 Å². The van der Waals surface area contributed by atoms with Gasteiger partial charge in [-0.15, -0.1) is 11.3 Å². The van der Waals surface area contributed by atoms with E-state index in [0.29, 0.717) is 11.6 Å². The Bertz CT molecular complexity index is 593. The average Bonchev–Trinajstić information content (AvgIpc) is 3.22. The van der Waals surface area contributed by atoms with Crippen LogP contribution < -0.4 is 10.6 Å². The molecule has 1 unspecified atom stereocenters. The van der Waals surface area contributed by atoms with Crippen molar-refractivity contribution in [2.24, 2.45) is 5.92 Å². The summed E-state index contributed by atoms with van der Waals surface area (Å²) in [5.41, 5.74) is 0.657. The van der Waals surface area contributed by atoms with Crippen LogP contribution in [-0.4, -0.2) is 28.8 Å². The largest absolute Gasteiger partial charge is 0.443 e. The van der Waals surface area contributed by atoms with Crippen LogP contribution in [-0.2, 0) is 6.54 Å². The maximum absolute atomic E-state index is 11.8. The lowest BCUT2D eigenvalue weighted by molar-refractivity contribution is 0.103. The molecular formula is C16H23N3O3S. The van der Waals surface area contributed by atoms with Crippen molar-refractivity contribution in [3.63, 3.8) is 0 Å². The fourth-order valence-corrected chi connectivity index (χ4v) is 2.99. The number of aliphatic hydroxyl groups is 1. The van der Waals surface area contributed by atoms with Crippen molar-refractivity contribution in [3.05, 3.63) is 29.5 Å². The highest BCUT2D eigenvalue weighted by molar-refractivity contribution is 7.13. The topological polar surface area (TPSA) is 87.4 Å². The van der Waals surface area contributed by atoms with E-state index in [1.165, 1.54) is 6.26 Å². The molecule has 6 nitrogen and oxygen atoms in total. The fourth-order valence-electron chi connectivity index (χ4n) is 2.33. The molecule has 0 bridgehead atoms. The molecular weight excluding hydrogens is 314 g/mol. The van der Waals surface area contributed by atoms with Gasteiger partial charge in [-0.05, 0) is 17.4 Å². The molecule has 0 aliphatic heterocycles. The first-order valence-corrected chi connectivity index (χ1v) is 8.70. The lowest BCUT2D eigenvalue weighted by Crippen LogP contribution is -2.41. The Kier molecular flexibility index (Phi) is 6.61. The molecule has 1 atom stereocenters. The van der Waals surface area contributed by atoms with Crippen molar-refractivity contribution in [2.45, 2.75) is 39.3 Å². The highest BCUT2D eigenvalue weighted by atomic mass is 32.1. The summed E-state index contributed by atoms with van der Waals surface area (Å²) in [4.78, 5) is 17.0. The number of rotatable bonds is 8. The standard InChI is InChI=1S/C16H23N3O3S/c1-3-11(4-2)13(20)9-18-16(21)17-8-12-10-22-15(19-12)14-6-5-7-23-14/h5-7,10-11,13,20H,3-4,8-9H2,1-2H3,(H2,17,18,21). The number of thiophene rings is 1. The summed E-state index contributed by atoms with van der Waals surface area (Å²) in [6.07, 6.45) is 2.80. The van der Waals surface area contributed by atoms with Gasteiger partial charge in [-0.3, -0.25) is 0 Å². The third kappa shape index (κ3) is 5.07. The second kappa shape index (κ2) is 8.69. The minimum atomic E-state index is -0.520. The van der Waals surface area contributed by atoms with Gasteiger partial charge < -0.3 is 20.2 Å². The minimum absolute atomic E-state index is 0.208. The molecule has 0 aromatic carbocycles. The molecule has 0 saturated carbocycles. The second-order valence-corrected chi connectivity index (χ2v) is 6.28. The Morgan fingerprint density at radius 1 is 1.39 bits per heavy atom. The van der Waals surface area contributed by atoms with E-state index >= 15 is 0 Å². The van der Waals surface area contributed by atoms with Gasteiger partial charge in [0.1, 0.15) is 6.26 Å². The molecule has 7 heteroatoms. The molecule has 3 N–H and O–H groups in total. The van der Waals surface area contributed by atoms with Crippen molar-refractivity contribution >= 4 is 17.4 Å². The molecule has 0 aliphatic carbocycles. The number of urea groups is 1. The highest BCUT2D eigenvalue weighted by Crippen LogP contribution is 2.23. The maximum Gasteiger partial charge on any atom is 0.315 e. The van der Waals surface area contributed by atoms with Crippen LogP contribution in [0.15, 0.2) is 28.2 Å². The van der Waals surface area contributed by atoms with Crippen LogP contribution in [0.1, 0.15) is 32.4 Å². The van der Waals surface area contributed by atoms with Gasteiger partial charge in [0.05, 0.1) is 23.2 Å². The minimum Gasteiger partial charge on any atom is -0.443 e. The zero-order valence-corrected chi connectivity index (χ0v) is 14.2. The van der Waals surface area contributed by atoms with E-state index in [-0.39, 0.29) is 25.0 Å². The van der Waals surface area contributed by atoms with E-state index in [9.17, 15) is 9.90 Å². The Balaban J connectivity index is 1.74. The monoisotopic (exact) mass is 337 g/mol. The number of aliphatic hydroxyl groups excluding tert-OH is 1. The van der Waals surface area contributed by atoms with Crippen molar-refractivity contribution in [1.29, 1.82) is 0 Å². The predicted molar refractivity (Wildman–Crippen MR) is 90.1 cm³/mol. The Morgan fingerprint density at radius 2 is 2.17 bits per heavy atom. The number of hydrogen-bond donors (Lipinski definition) is 3. The van der Waals surface area contributed by atoms with Crippen LogP contribution in [0.5, 0.6) is 0 Å². The number of hydrogen-bond acceptors (Lipinski definition) is 5. The van der Waals surface area contributed by atoms with Gasteiger partial charge in [0, 0.05) is 6.54 Å². The maximum atomic E-state index is 11.8. The van der Waals surface area contributed by atoms with Gasteiger partial charge in [0.15, 0.2) is 0 Å². The first-order chi connectivity index (χ1) is 11.1. The zero-order chi connectivity index (χ0) is 16.7. The molecule has 2 aromatic heterocycles. The Hall–Kier alpha value is -1.86. The number of oxazole rings is 1. The fraction of sp³-hybridized carbons (Fsp3) is 0.500. The molecule has 0 fully saturated rings. The van der Waals surface area contributed by atoms with Crippen molar-refractivity contribution < 1.29 is 14.3 Å². The molecule has 0 saturated heterocycles. The third-order valence-corrected chi connectivity index (χ3v) is 4.64. The van der Waals surface area contributed by atoms with Crippen LogP contribution in [0.2, 0.25) is 0 Å². The van der Waals surface area contributed by atoms with E-state index in [4.69, 9.17) is 4.42 Å². The molecule has 0 spiro atoms. The zero-order valence-electron chi connectivity index (χ0n) is 13.4. The molecule has 0 radical (unpaired) electrons. The van der Waals surface area contributed by atoms with Crippen LogP contribution >= 0.6 is 11.3 Å². The molecule has 126 valence electrons. The van der Waals surface area contributed by atoms with Crippen molar-refractivity contribution in [3.8, 4) is 10.8 Å². The number of carbonyl (C=O) groups excluding carboxylic acids is 1. The summed E-state index contributed by atoms with van der Waals surface area (Å²) in [6.45, 7) is 4.60. The molecule has 0 aliphatic rings.